The predicted octanol–water partition coefficient (Wildman–Crippen LogP) is 2.29. The van der Waals surface area contributed by atoms with Crippen LogP contribution >= 0.6 is 0 Å². The molecule has 0 aliphatic rings. The summed E-state index contributed by atoms with van der Waals surface area (Å²) in [6.07, 6.45) is 1.75. The Morgan fingerprint density at radius 2 is 2.12 bits per heavy atom. The zero-order valence-corrected chi connectivity index (χ0v) is 15.2. The minimum absolute atomic E-state index is 0.0523. The number of rotatable bonds is 9. The van der Waals surface area contributed by atoms with E-state index in [0.29, 0.717) is 30.8 Å². The first-order chi connectivity index (χ1) is 11.3. The Hall–Kier alpha value is -1.85. The van der Waals surface area contributed by atoms with Crippen LogP contribution in [0.4, 0.5) is 0 Å². The number of nitrogens with one attached hydrogen (secondary N) is 2. The zero-order chi connectivity index (χ0) is 18.2. The molecule has 0 saturated heterocycles. The van der Waals surface area contributed by atoms with Gasteiger partial charge in [-0.1, -0.05) is 6.08 Å². The fourth-order valence-electron chi connectivity index (χ4n) is 2.11. The number of allylic oxidation sites excluding steroid dienone is 1. The molecule has 0 aromatic heterocycles. The summed E-state index contributed by atoms with van der Waals surface area (Å²) in [7, 11) is 0. The molecule has 1 rings (SSSR count). The molecule has 1 amide bonds. The van der Waals surface area contributed by atoms with Gasteiger partial charge in [-0.3, -0.25) is 4.79 Å². The van der Waals surface area contributed by atoms with Crippen LogP contribution in [0.15, 0.2) is 30.9 Å². The van der Waals surface area contributed by atoms with E-state index in [9.17, 15) is 9.90 Å². The Kier molecular flexibility index (Phi) is 7.95. The molecule has 1 atom stereocenters. The Balaban J connectivity index is 2.72. The van der Waals surface area contributed by atoms with Gasteiger partial charge in [-0.2, -0.15) is 0 Å². The first kappa shape index (κ1) is 20.2. The lowest BCUT2D eigenvalue weighted by Gasteiger charge is -2.23. The third-order valence-corrected chi connectivity index (χ3v) is 3.32. The lowest BCUT2D eigenvalue weighted by atomic mass is 10.1. The molecule has 134 valence electrons. The maximum absolute atomic E-state index is 11.9. The summed E-state index contributed by atoms with van der Waals surface area (Å²) < 4.78 is 5.74. The second-order valence-electron chi connectivity index (χ2n) is 6.77. The number of hydrogen-bond acceptors (Lipinski definition) is 4. The molecule has 0 fully saturated rings. The number of hydrogen-bond donors (Lipinski definition) is 3. The standard InChI is InChI=1S/C19H30N2O3/c1-6-8-14-11-15(18(23)20-7-2)9-10-17(14)24-13-16(22)12-21-19(3,4)5/h6,9-11,16,21-22H,1,7-8,12-13H2,2-5H3,(H,20,23). The summed E-state index contributed by atoms with van der Waals surface area (Å²) >= 11 is 0. The van der Waals surface area contributed by atoms with E-state index < -0.39 is 6.10 Å². The van der Waals surface area contributed by atoms with E-state index in [4.69, 9.17) is 4.74 Å². The summed E-state index contributed by atoms with van der Waals surface area (Å²) in [5, 5.41) is 16.1. The van der Waals surface area contributed by atoms with Crippen molar-refractivity contribution in [2.24, 2.45) is 0 Å². The van der Waals surface area contributed by atoms with Gasteiger partial charge >= 0.3 is 0 Å². The van der Waals surface area contributed by atoms with Gasteiger partial charge in [0.25, 0.3) is 5.91 Å². The number of aliphatic hydroxyl groups excluding tert-OH is 1. The van der Waals surface area contributed by atoms with E-state index in [1.165, 1.54) is 0 Å². The maximum atomic E-state index is 11.9. The molecule has 0 spiro atoms. The fraction of sp³-hybridized carbons (Fsp3) is 0.526. The van der Waals surface area contributed by atoms with E-state index in [0.717, 1.165) is 5.56 Å². The molecular weight excluding hydrogens is 304 g/mol. The van der Waals surface area contributed by atoms with Crippen molar-refractivity contribution >= 4 is 5.91 Å². The monoisotopic (exact) mass is 334 g/mol. The van der Waals surface area contributed by atoms with Crippen LogP contribution in [0.3, 0.4) is 0 Å². The number of carbonyl (C=O) groups excluding carboxylic acids is 1. The van der Waals surface area contributed by atoms with E-state index >= 15 is 0 Å². The van der Waals surface area contributed by atoms with E-state index in [2.05, 4.69) is 17.2 Å². The van der Waals surface area contributed by atoms with Crippen molar-refractivity contribution in [1.82, 2.24) is 10.6 Å². The molecule has 5 nitrogen and oxygen atoms in total. The number of benzene rings is 1. The minimum Gasteiger partial charge on any atom is -0.491 e. The number of aliphatic hydroxyl groups is 1. The third kappa shape index (κ3) is 7.15. The van der Waals surface area contributed by atoms with Crippen molar-refractivity contribution in [2.75, 3.05) is 19.7 Å². The molecular formula is C19H30N2O3. The summed E-state index contributed by atoms with van der Waals surface area (Å²) in [5.41, 5.74) is 1.42. The Morgan fingerprint density at radius 3 is 2.71 bits per heavy atom. The largest absolute Gasteiger partial charge is 0.491 e. The van der Waals surface area contributed by atoms with Gasteiger partial charge in [-0.25, -0.2) is 0 Å². The molecule has 0 heterocycles. The molecule has 1 aromatic rings. The molecule has 5 heteroatoms. The summed E-state index contributed by atoms with van der Waals surface area (Å²) in [5.74, 6) is 0.557. The van der Waals surface area contributed by atoms with Crippen molar-refractivity contribution in [2.45, 2.75) is 45.8 Å². The number of carbonyl (C=O) groups is 1. The lowest BCUT2D eigenvalue weighted by molar-refractivity contribution is 0.0953. The molecule has 0 bridgehead atoms. The minimum atomic E-state index is -0.608. The SMILES string of the molecule is C=CCc1cc(C(=O)NCC)ccc1OCC(O)CNC(C)(C)C. The average molecular weight is 334 g/mol. The zero-order valence-electron chi connectivity index (χ0n) is 15.2. The summed E-state index contributed by atoms with van der Waals surface area (Å²) in [6, 6.07) is 5.31. The average Bonchev–Trinajstić information content (AvgIpc) is 2.51. The molecule has 1 unspecified atom stereocenters. The second kappa shape index (κ2) is 9.45. The van der Waals surface area contributed by atoms with Gasteiger partial charge in [0, 0.05) is 24.2 Å². The molecule has 1 aromatic carbocycles. The lowest BCUT2D eigenvalue weighted by Crippen LogP contribution is -2.42. The predicted molar refractivity (Wildman–Crippen MR) is 97.6 cm³/mol. The highest BCUT2D eigenvalue weighted by atomic mass is 16.5. The molecule has 0 radical (unpaired) electrons. The van der Waals surface area contributed by atoms with Crippen molar-refractivity contribution < 1.29 is 14.6 Å². The van der Waals surface area contributed by atoms with Crippen LogP contribution in [0.1, 0.15) is 43.6 Å². The normalized spacial score (nSPS) is 12.5. The van der Waals surface area contributed by atoms with E-state index in [1.807, 2.05) is 33.8 Å². The summed E-state index contributed by atoms with van der Waals surface area (Å²) in [4.78, 5) is 11.9. The number of ether oxygens (including phenoxy) is 1. The highest BCUT2D eigenvalue weighted by Crippen LogP contribution is 2.21. The first-order valence-electron chi connectivity index (χ1n) is 8.34. The van der Waals surface area contributed by atoms with Crippen LogP contribution in [0.25, 0.3) is 0 Å². The van der Waals surface area contributed by atoms with Gasteiger partial charge in [0.2, 0.25) is 0 Å². The van der Waals surface area contributed by atoms with Crippen molar-refractivity contribution in [3.05, 3.63) is 42.0 Å². The van der Waals surface area contributed by atoms with Gasteiger partial charge in [0.1, 0.15) is 18.5 Å². The topological polar surface area (TPSA) is 70.6 Å². The van der Waals surface area contributed by atoms with E-state index in [1.54, 1.807) is 18.2 Å². The molecule has 0 saturated carbocycles. The smallest absolute Gasteiger partial charge is 0.251 e. The van der Waals surface area contributed by atoms with Crippen molar-refractivity contribution in [1.29, 1.82) is 0 Å². The second-order valence-corrected chi connectivity index (χ2v) is 6.77. The van der Waals surface area contributed by atoms with Crippen LogP contribution < -0.4 is 15.4 Å². The number of β-amino-alcohol motifs (C(OH)–C–C–N with tert-alkyl or cyclic N) is 1. The quantitative estimate of drug-likeness (QED) is 0.606. The fourth-order valence-corrected chi connectivity index (χ4v) is 2.11. The Bertz CT molecular complexity index is 550. The molecule has 0 aliphatic heterocycles. The van der Waals surface area contributed by atoms with Gasteiger partial charge in [0.05, 0.1) is 0 Å². The number of amides is 1. The highest BCUT2D eigenvalue weighted by Gasteiger charge is 2.14. The molecule has 3 N–H and O–H groups in total. The van der Waals surface area contributed by atoms with E-state index in [-0.39, 0.29) is 18.1 Å². The van der Waals surface area contributed by atoms with Gasteiger partial charge in [-0.15, -0.1) is 6.58 Å². The molecule has 0 aliphatic carbocycles. The van der Waals surface area contributed by atoms with Crippen LogP contribution in [0.2, 0.25) is 0 Å². The Morgan fingerprint density at radius 1 is 1.42 bits per heavy atom. The van der Waals surface area contributed by atoms with Crippen LogP contribution in [-0.2, 0) is 6.42 Å². The highest BCUT2D eigenvalue weighted by molar-refractivity contribution is 5.94. The van der Waals surface area contributed by atoms with Gasteiger partial charge < -0.3 is 20.5 Å². The van der Waals surface area contributed by atoms with Crippen molar-refractivity contribution in [3.63, 3.8) is 0 Å². The van der Waals surface area contributed by atoms with Crippen LogP contribution in [0.5, 0.6) is 5.75 Å². The van der Waals surface area contributed by atoms with Crippen LogP contribution in [0, 0.1) is 0 Å². The van der Waals surface area contributed by atoms with Gasteiger partial charge in [-0.05, 0) is 57.9 Å². The third-order valence-electron chi connectivity index (χ3n) is 3.32. The van der Waals surface area contributed by atoms with Crippen molar-refractivity contribution in [3.8, 4) is 5.75 Å². The maximum Gasteiger partial charge on any atom is 0.251 e. The summed E-state index contributed by atoms with van der Waals surface area (Å²) in [6.45, 7) is 13.0. The Labute approximate surface area is 145 Å². The van der Waals surface area contributed by atoms with Crippen LogP contribution in [-0.4, -0.2) is 42.4 Å². The van der Waals surface area contributed by atoms with Gasteiger partial charge in [0.15, 0.2) is 0 Å². The molecule has 24 heavy (non-hydrogen) atoms. The first-order valence-corrected chi connectivity index (χ1v) is 8.34.